The minimum absolute atomic E-state index is 0.0163. The fourth-order valence-corrected chi connectivity index (χ4v) is 1.42. The van der Waals surface area contributed by atoms with E-state index in [0.29, 0.717) is 0 Å². The van der Waals surface area contributed by atoms with Gasteiger partial charge in [-0.05, 0) is 25.0 Å². The molecule has 0 bridgehead atoms. The van der Waals surface area contributed by atoms with Gasteiger partial charge in [-0.2, -0.15) is 0 Å². The molecule has 0 heterocycles. The van der Waals surface area contributed by atoms with Crippen LogP contribution in [0, 0.1) is 0 Å². The van der Waals surface area contributed by atoms with E-state index in [0.717, 1.165) is 11.1 Å². The Morgan fingerprint density at radius 2 is 1.69 bits per heavy atom. The fraction of sp³-hybridized carbons (Fsp3) is 0.333. The van der Waals surface area contributed by atoms with Gasteiger partial charge in [-0.3, -0.25) is 0 Å². The van der Waals surface area contributed by atoms with Crippen molar-refractivity contribution in [3.05, 3.63) is 59.7 Å². The van der Waals surface area contributed by atoms with Gasteiger partial charge in [0.15, 0.2) is 0 Å². The highest BCUT2D eigenvalue weighted by Crippen LogP contribution is 2.19. The van der Waals surface area contributed by atoms with Crippen molar-refractivity contribution >= 4 is 0 Å². The zero-order valence-corrected chi connectivity index (χ0v) is 10.8. The molecule has 0 amide bonds. The van der Waals surface area contributed by atoms with E-state index in [1.807, 2.05) is 52.0 Å². The van der Waals surface area contributed by atoms with Crippen LogP contribution >= 0.6 is 0 Å². The van der Waals surface area contributed by atoms with Crippen LogP contribution in [0.5, 0.6) is 0 Å². The average Bonchev–Trinajstić information content (AvgIpc) is 2.38. The van der Waals surface area contributed by atoms with Crippen molar-refractivity contribution < 1.29 is 0 Å². The van der Waals surface area contributed by atoms with E-state index in [1.54, 1.807) is 0 Å². The Kier molecular flexibility index (Phi) is 8.18. The van der Waals surface area contributed by atoms with Crippen molar-refractivity contribution in [2.45, 2.75) is 33.7 Å². The topological polar surface area (TPSA) is 26.0 Å². The van der Waals surface area contributed by atoms with Crippen LogP contribution in [0.1, 0.15) is 39.3 Å². The largest absolute Gasteiger partial charge is 0.320 e. The molecule has 0 saturated heterocycles. The minimum atomic E-state index is -0.0163. The Morgan fingerprint density at radius 3 is 2.12 bits per heavy atom. The number of hydrogen-bond acceptors (Lipinski definition) is 1. The van der Waals surface area contributed by atoms with Crippen LogP contribution in [0.25, 0.3) is 0 Å². The van der Waals surface area contributed by atoms with Gasteiger partial charge in [0.05, 0.1) is 6.04 Å². The van der Waals surface area contributed by atoms with Crippen LogP contribution in [-0.2, 0) is 0 Å². The predicted molar refractivity (Wildman–Crippen MR) is 73.3 cm³/mol. The summed E-state index contributed by atoms with van der Waals surface area (Å²) in [5.41, 5.74) is 8.42. The Morgan fingerprint density at radius 1 is 1.12 bits per heavy atom. The normalized spacial score (nSPS) is 13.2. The summed E-state index contributed by atoms with van der Waals surface area (Å²) in [7, 11) is 0. The van der Waals surface area contributed by atoms with Gasteiger partial charge in [-0.1, -0.05) is 62.4 Å². The van der Waals surface area contributed by atoms with Gasteiger partial charge < -0.3 is 5.73 Å². The molecule has 1 atom stereocenters. The van der Waals surface area contributed by atoms with Crippen molar-refractivity contribution in [1.82, 2.24) is 0 Å². The zero-order valence-electron chi connectivity index (χ0n) is 10.8. The lowest BCUT2D eigenvalue weighted by molar-refractivity contribution is 0.867. The van der Waals surface area contributed by atoms with E-state index in [4.69, 9.17) is 5.73 Å². The van der Waals surface area contributed by atoms with Crippen molar-refractivity contribution in [3.8, 4) is 0 Å². The molecule has 88 valence electrons. The first-order valence-corrected chi connectivity index (χ1v) is 5.89. The van der Waals surface area contributed by atoms with Gasteiger partial charge in [0.1, 0.15) is 0 Å². The molecule has 0 aromatic heterocycles. The summed E-state index contributed by atoms with van der Waals surface area (Å²) in [6.07, 6.45) is 6.12. The van der Waals surface area contributed by atoms with Crippen LogP contribution in [0.15, 0.2) is 54.1 Å². The van der Waals surface area contributed by atoms with E-state index < -0.39 is 0 Å². The Bertz CT molecular complexity index is 323. The van der Waals surface area contributed by atoms with Gasteiger partial charge in [-0.15, -0.1) is 0 Å². The summed E-state index contributed by atoms with van der Waals surface area (Å²) < 4.78 is 0. The zero-order chi connectivity index (χ0) is 12.4. The average molecular weight is 217 g/mol. The van der Waals surface area contributed by atoms with E-state index in [2.05, 4.69) is 24.3 Å². The van der Waals surface area contributed by atoms with E-state index in [1.165, 1.54) is 0 Å². The van der Waals surface area contributed by atoms with Gasteiger partial charge in [0.25, 0.3) is 0 Å². The molecule has 1 aromatic rings. The second kappa shape index (κ2) is 8.93. The molecular formula is C15H23N. The van der Waals surface area contributed by atoms with Crippen LogP contribution in [0.4, 0.5) is 0 Å². The summed E-state index contributed by atoms with van der Waals surface area (Å²) >= 11 is 0. The number of hydrogen-bond donors (Lipinski definition) is 1. The second-order valence-electron chi connectivity index (χ2n) is 3.18. The smallest absolute Gasteiger partial charge is 0.0548 e. The van der Waals surface area contributed by atoms with Crippen molar-refractivity contribution in [2.75, 3.05) is 0 Å². The van der Waals surface area contributed by atoms with Crippen LogP contribution < -0.4 is 5.73 Å². The lowest BCUT2D eigenvalue weighted by Gasteiger charge is -2.12. The third-order valence-electron chi connectivity index (χ3n) is 2.21. The first kappa shape index (κ1) is 14.7. The van der Waals surface area contributed by atoms with Gasteiger partial charge in [0, 0.05) is 0 Å². The summed E-state index contributed by atoms with van der Waals surface area (Å²) in [5, 5.41) is 0. The molecule has 0 aliphatic heterocycles. The Labute approximate surface area is 99.7 Å². The third-order valence-corrected chi connectivity index (χ3v) is 2.21. The molecular weight excluding hydrogens is 194 g/mol. The van der Waals surface area contributed by atoms with Crippen molar-refractivity contribution in [3.63, 3.8) is 0 Å². The summed E-state index contributed by atoms with van der Waals surface area (Å²) in [6, 6.07) is 10.1. The quantitative estimate of drug-likeness (QED) is 0.753. The Hall–Kier alpha value is -1.34. The van der Waals surface area contributed by atoms with Crippen molar-refractivity contribution in [2.24, 2.45) is 5.73 Å². The molecule has 1 nitrogen and oxygen atoms in total. The standard InChI is InChI=1S/C13H17N.C2H6/c1-3-8-11(4-2)13(14)12-9-6-5-7-10-12;1-2/h3-10,13H,14H2,1-2H3;1-2H3/b8-3-,11-4+;. The molecule has 0 aliphatic rings. The maximum absolute atomic E-state index is 6.12. The maximum Gasteiger partial charge on any atom is 0.0548 e. The highest BCUT2D eigenvalue weighted by Gasteiger charge is 2.07. The fourth-order valence-electron chi connectivity index (χ4n) is 1.42. The molecule has 0 fully saturated rings. The van der Waals surface area contributed by atoms with E-state index in [-0.39, 0.29) is 6.04 Å². The van der Waals surface area contributed by atoms with Crippen LogP contribution in [-0.4, -0.2) is 0 Å². The number of rotatable bonds is 3. The Balaban J connectivity index is 0.00000106. The number of benzene rings is 1. The van der Waals surface area contributed by atoms with Crippen molar-refractivity contribution in [1.29, 1.82) is 0 Å². The third kappa shape index (κ3) is 4.45. The highest BCUT2D eigenvalue weighted by atomic mass is 14.6. The summed E-state index contributed by atoms with van der Waals surface area (Å²) in [4.78, 5) is 0. The van der Waals surface area contributed by atoms with Gasteiger partial charge in [0.2, 0.25) is 0 Å². The number of allylic oxidation sites excluding steroid dienone is 2. The number of nitrogens with two attached hydrogens (primary N) is 1. The maximum atomic E-state index is 6.12. The molecule has 2 N–H and O–H groups in total. The van der Waals surface area contributed by atoms with Crippen LogP contribution in [0.3, 0.4) is 0 Å². The highest BCUT2D eigenvalue weighted by molar-refractivity contribution is 5.33. The molecule has 0 aliphatic carbocycles. The molecule has 1 rings (SSSR count). The molecule has 0 saturated carbocycles. The molecule has 1 aromatic carbocycles. The predicted octanol–water partition coefficient (Wildman–Crippen LogP) is 4.24. The summed E-state index contributed by atoms with van der Waals surface area (Å²) in [6.45, 7) is 8.01. The van der Waals surface area contributed by atoms with E-state index >= 15 is 0 Å². The van der Waals surface area contributed by atoms with Gasteiger partial charge in [-0.25, -0.2) is 0 Å². The van der Waals surface area contributed by atoms with Crippen LogP contribution in [0.2, 0.25) is 0 Å². The molecule has 0 spiro atoms. The summed E-state index contributed by atoms with van der Waals surface area (Å²) in [5.74, 6) is 0. The lowest BCUT2D eigenvalue weighted by Crippen LogP contribution is -2.11. The van der Waals surface area contributed by atoms with E-state index in [9.17, 15) is 0 Å². The molecule has 1 heteroatoms. The minimum Gasteiger partial charge on any atom is -0.320 e. The first-order chi connectivity index (χ1) is 7.79. The monoisotopic (exact) mass is 217 g/mol. The molecule has 0 radical (unpaired) electrons. The first-order valence-electron chi connectivity index (χ1n) is 5.89. The lowest BCUT2D eigenvalue weighted by atomic mass is 9.99. The molecule has 16 heavy (non-hydrogen) atoms. The SMILES string of the molecule is C/C=C\C(=C/C)C(N)c1ccccc1.CC. The second-order valence-corrected chi connectivity index (χ2v) is 3.18. The van der Waals surface area contributed by atoms with Gasteiger partial charge >= 0.3 is 0 Å². The molecule has 1 unspecified atom stereocenters.